The topological polar surface area (TPSA) is 38.7 Å². The number of rotatable bonds is 9. The van der Waals surface area contributed by atoms with Crippen molar-refractivity contribution >= 4 is 0 Å². The van der Waals surface area contributed by atoms with Gasteiger partial charge in [0.25, 0.3) is 0 Å². The Morgan fingerprint density at radius 1 is 0.679 bits per heavy atom. The van der Waals surface area contributed by atoms with Crippen molar-refractivity contribution in [2.45, 2.75) is 33.0 Å². The van der Waals surface area contributed by atoms with Gasteiger partial charge in [-0.05, 0) is 43.0 Å². The van der Waals surface area contributed by atoms with Crippen molar-refractivity contribution in [2.75, 3.05) is 13.2 Å². The van der Waals surface area contributed by atoms with Crippen molar-refractivity contribution in [1.29, 1.82) is 0 Å². The second-order valence-electron chi connectivity index (χ2n) is 6.56. The number of para-hydroxylation sites is 1. The third-order valence-corrected chi connectivity index (χ3v) is 4.07. The molecule has 3 nitrogen and oxygen atoms in total. The molecule has 148 valence electrons. The van der Waals surface area contributed by atoms with Gasteiger partial charge in [-0.15, -0.1) is 0 Å². The van der Waals surface area contributed by atoms with Gasteiger partial charge in [0.1, 0.15) is 5.75 Å². The van der Waals surface area contributed by atoms with Crippen LogP contribution in [0.5, 0.6) is 5.75 Å². The lowest BCUT2D eigenvalue weighted by Gasteiger charge is -2.04. The third kappa shape index (κ3) is 9.36. The van der Waals surface area contributed by atoms with E-state index in [1.54, 1.807) is 0 Å². The van der Waals surface area contributed by atoms with Crippen LogP contribution >= 0.6 is 0 Å². The first-order chi connectivity index (χ1) is 13.8. The molecule has 0 aliphatic rings. The lowest BCUT2D eigenvalue weighted by atomic mass is 10.2. The molecule has 0 unspecified atom stereocenters. The molecule has 0 amide bonds. The van der Waals surface area contributed by atoms with E-state index in [0.29, 0.717) is 19.8 Å². The van der Waals surface area contributed by atoms with Gasteiger partial charge in [-0.25, -0.2) is 0 Å². The van der Waals surface area contributed by atoms with E-state index < -0.39 is 0 Å². The summed E-state index contributed by atoms with van der Waals surface area (Å²) in [6.07, 6.45) is 1.72. The molecule has 0 bridgehead atoms. The number of hydrogen-bond acceptors (Lipinski definition) is 3. The summed E-state index contributed by atoms with van der Waals surface area (Å²) < 4.78 is 11.0. The molecule has 1 N–H and O–H groups in total. The number of unbranched alkanes of at least 4 members (excludes halogenated alkanes) is 1. The van der Waals surface area contributed by atoms with Gasteiger partial charge in [0.2, 0.25) is 0 Å². The molecular formula is C25H30O3. The summed E-state index contributed by atoms with van der Waals surface area (Å²) in [6.45, 7) is 4.38. The lowest BCUT2D eigenvalue weighted by Crippen LogP contribution is -1.97. The van der Waals surface area contributed by atoms with Crippen LogP contribution in [0.15, 0.2) is 84.9 Å². The van der Waals surface area contributed by atoms with Gasteiger partial charge < -0.3 is 14.6 Å². The molecule has 3 aromatic rings. The minimum atomic E-state index is 0.248. The molecule has 3 rings (SSSR count). The third-order valence-electron chi connectivity index (χ3n) is 4.07. The van der Waals surface area contributed by atoms with Crippen LogP contribution in [0.1, 0.15) is 29.5 Å². The van der Waals surface area contributed by atoms with E-state index in [4.69, 9.17) is 14.6 Å². The Hall–Kier alpha value is -2.62. The monoisotopic (exact) mass is 378 g/mol. The summed E-state index contributed by atoms with van der Waals surface area (Å²) >= 11 is 0. The first-order valence-electron chi connectivity index (χ1n) is 9.74. The fraction of sp³-hybridized carbons (Fsp3) is 0.280. The van der Waals surface area contributed by atoms with Crippen molar-refractivity contribution in [3.05, 3.63) is 102 Å². The predicted molar refractivity (Wildman–Crippen MR) is 114 cm³/mol. The number of ether oxygens (including phenoxy) is 2. The first kappa shape index (κ1) is 21.7. The Balaban J connectivity index is 0.000000209. The van der Waals surface area contributed by atoms with Gasteiger partial charge in [-0.1, -0.05) is 78.4 Å². The largest absolute Gasteiger partial charge is 0.494 e. The molecule has 0 aromatic heterocycles. The molecule has 0 aliphatic heterocycles. The highest BCUT2D eigenvalue weighted by atomic mass is 16.5. The van der Waals surface area contributed by atoms with Crippen LogP contribution in [-0.2, 0) is 18.0 Å². The van der Waals surface area contributed by atoms with Crippen molar-refractivity contribution in [3.63, 3.8) is 0 Å². The SMILES string of the molecule is Cc1ccc(COCc2ccccc2)cc1.OCCCCOc1ccccc1. The lowest BCUT2D eigenvalue weighted by molar-refractivity contribution is 0.107. The van der Waals surface area contributed by atoms with Crippen molar-refractivity contribution in [3.8, 4) is 5.75 Å². The molecule has 0 fully saturated rings. The average Bonchev–Trinajstić information content (AvgIpc) is 2.75. The first-order valence-corrected chi connectivity index (χ1v) is 9.74. The van der Waals surface area contributed by atoms with Gasteiger partial charge >= 0.3 is 0 Å². The highest BCUT2D eigenvalue weighted by Crippen LogP contribution is 2.09. The van der Waals surface area contributed by atoms with Crippen LogP contribution in [0, 0.1) is 6.92 Å². The van der Waals surface area contributed by atoms with Gasteiger partial charge in [0, 0.05) is 6.61 Å². The van der Waals surface area contributed by atoms with Gasteiger partial charge in [-0.3, -0.25) is 0 Å². The maximum absolute atomic E-state index is 8.51. The summed E-state index contributed by atoms with van der Waals surface area (Å²) in [5.41, 5.74) is 3.72. The molecule has 3 aromatic carbocycles. The molecule has 0 aliphatic carbocycles. The second-order valence-corrected chi connectivity index (χ2v) is 6.56. The summed E-state index contributed by atoms with van der Waals surface area (Å²) in [4.78, 5) is 0. The fourth-order valence-electron chi connectivity index (χ4n) is 2.47. The summed E-state index contributed by atoms with van der Waals surface area (Å²) in [5.74, 6) is 0.899. The Kier molecular flexibility index (Phi) is 10.5. The van der Waals surface area contributed by atoms with E-state index in [1.165, 1.54) is 16.7 Å². The van der Waals surface area contributed by atoms with Crippen molar-refractivity contribution < 1.29 is 14.6 Å². The molecule has 3 heteroatoms. The summed E-state index contributed by atoms with van der Waals surface area (Å²) in [5, 5.41) is 8.51. The number of aryl methyl sites for hydroxylation is 1. The number of benzene rings is 3. The zero-order valence-corrected chi connectivity index (χ0v) is 16.6. The zero-order valence-electron chi connectivity index (χ0n) is 16.6. The molecule has 28 heavy (non-hydrogen) atoms. The minimum Gasteiger partial charge on any atom is -0.494 e. The molecule has 0 saturated carbocycles. The van der Waals surface area contributed by atoms with Gasteiger partial charge in [0.05, 0.1) is 19.8 Å². The maximum Gasteiger partial charge on any atom is 0.119 e. The molecule has 0 radical (unpaired) electrons. The Bertz CT molecular complexity index is 740. The van der Waals surface area contributed by atoms with Gasteiger partial charge in [0.15, 0.2) is 0 Å². The molecule has 0 heterocycles. The minimum absolute atomic E-state index is 0.248. The van der Waals surface area contributed by atoms with E-state index in [9.17, 15) is 0 Å². The molecule has 0 saturated heterocycles. The van der Waals surface area contributed by atoms with E-state index in [-0.39, 0.29) is 6.61 Å². The summed E-state index contributed by atoms with van der Waals surface area (Å²) in [6, 6.07) is 28.4. The number of aliphatic hydroxyl groups excluding tert-OH is 1. The van der Waals surface area contributed by atoms with Crippen molar-refractivity contribution in [1.82, 2.24) is 0 Å². The quantitative estimate of drug-likeness (QED) is 0.496. The smallest absolute Gasteiger partial charge is 0.119 e. The van der Waals surface area contributed by atoms with Crippen LogP contribution in [0.2, 0.25) is 0 Å². The average molecular weight is 379 g/mol. The van der Waals surface area contributed by atoms with Gasteiger partial charge in [-0.2, -0.15) is 0 Å². The van der Waals surface area contributed by atoms with Crippen LogP contribution in [0.25, 0.3) is 0 Å². The predicted octanol–water partition coefficient (Wildman–Crippen LogP) is 5.55. The standard InChI is InChI=1S/C15H16O.C10H14O2/c1-13-7-9-15(10-8-13)12-16-11-14-5-3-2-4-6-14;11-8-4-5-9-12-10-6-2-1-3-7-10/h2-10H,11-12H2,1H3;1-3,6-7,11H,4-5,8-9H2. The van der Waals surface area contributed by atoms with E-state index in [2.05, 4.69) is 43.3 Å². The highest BCUT2D eigenvalue weighted by Gasteiger charge is 1.94. The van der Waals surface area contributed by atoms with E-state index in [1.807, 2.05) is 48.5 Å². The Morgan fingerprint density at radius 3 is 1.86 bits per heavy atom. The maximum atomic E-state index is 8.51. The van der Waals surface area contributed by atoms with Crippen molar-refractivity contribution in [2.24, 2.45) is 0 Å². The fourth-order valence-corrected chi connectivity index (χ4v) is 2.47. The molecule has 0 atom stereocenters. The molecule has 0 spiro atoms. The van der Waals surface area contributed by atoms with E-state index >= 15 is 0 Å². The summed E-state index contributed by atoms with van der Waals surface area (Å²) in [7, 11) is 0. The zero-order chi connectivity index (χ0) is 19.9. The normalized spacial score (nSPS) is 10.1. The van der Waals surface area contributed by atoms with Crippen LogP contribution in [0.3, 0.4) is 0 Å². The van der Waals surface area contributed by atoms with Crippen LogP contribution in [0.4, 0.5) is 0 Å². The number of hydrogen-bond donors (Lipinski definition) is 1. The van der Waals surface area contributed by atoms with E-state index in [0.717, 1.165) is 18.6 Å². The van der Waals surface area contributed by atoms with Crippen LogP contribution in [-0.4, -0.2) is 18.3 Å². The Labute approximate surface area is 168 Å². The van der Waals surface area contributed by atoms with Crippen LogP contribution < -0.4 is 4.74 Å². The molecular weight excluding hydrogens is 348 g/mol. The second kappa shape index (κ2) is 13.5. The number of aliphatic hydroxyl groups is 1. The highest BCUT2D eigenvalue weighted by molar-refractivity contribution is 5.21. The Morgan fingerprint density at radius 2 is 1.25 bits per heavy atom.